The lowest BCUT2D eigenvalue weighted by molar-refractivity contribution is 0.271. The van der Waals surface area contributed by atoms with E-state index in [9.17, 15) is 0 Å². The lowest BCUT2D eigenvalue weighted by Crippen LogP contribution is -2.14. The standard InChI is InChI=1S/C20H32N2O/c1-9-22(8)13-21-16-10-15(3)17(11-14(16)2)23-12-18-19(4,5)20(18,6)7/h10-11,13,18H,9,12H2,1-8H3. The number of rotatable bonds is 6. The average molecular weight is 316 g/mol. The predicted molar refractivity (Wildman–Crippen MR) is 98.9 cm³/mol. The summed E-state index contributed by atoms with van der Waals surface area (Å²) in [5, 5.41) is 0. The number of nitrogens with zero attached hydrogens (tertiary/aromatic N) is 2. The van der Waals surface area contributed by atoms with E-state index < -0.39 is 0 Å². The lowest BCUT2D eigenvalue weighted by Gasteiger charge is -2.13. The molecule has 2 rings (SSSR count). The van der Waals surface area contributed by atoms with Crippen LogP contribution < -0.4 is 4.74 Å². The van der Waals surface area contributed by atoms with Crippen LogP contribution in [0, 0.1) is 30.6 Å². The molecule has 23 heavy (non-hydrogen) atoms. The first-order chi connectivity index (χ1) is 10.6. The smallest absolute Gasteiger partial charge is 0.122 e. The number of aliphatic imine (C=N–C) groups is 1. The molecule has 128 valence electrons. The topological polar surface area (TPSA) is 24.8 Å². The van der Waals surface area contributed by atoms with Crippen molar-refractivity contribution in [2.24, 2.45) is 21.7 Å². The number of hydrogen-bond donors (Lipinski definition) is 0. The minimum atomic E-state index is 0.366. The summed E-state index contributed by atoms with van der Waals surface area (Å²) in [6.45, 7) is 17.4. The molecule has 1 aromatic rings. The van der Waals surface area contributed by atoms with Crippen LogP contribution in [0.3, 0.4) is 0 Å². The Morgan fingerprint density at radius 3 is 2.26 bits per heavy atom. The predicted octanol–water partition coefficient (Wildman–Crippen LogP) is 4.98. The first-order valence-corrected chi connectivity index (χ1v) is 8.59. The fourth-order valence-electron chi connectivity index (χ4n) is 3.23. The molecule has 3 heteroatoms. The van der Waals surface area contributed by atoms with Gasteiger partial charge in [-0.15, -0.1) is 0 Å². The van der Waals surface area contributed by atoms with Crippen molar-refractivity contribution < 1.29 is 4.74 Å². The summed E-state index contributed by atoms with van der Waals surface area (Å²) >= 11 is 0. The zero-order chi connectivity index (χ0) is 17.4. The molecule has 1 aromatic carbocycles. The quantitative estimate of drug-likeness (QED) is 0.546. The first-order valence-electron chi connectivity index (χ1n) is 8.59. The van der Waals surface area contributed by atoms with Crippen LogP contribution in [0.1, 0.15) is 45.7 Å². The molecule has 0 saturated heterocycles. The third-order valence-corrected chi connectivity index (χ3v) is 6.11. The van der Waals surface area contributed by atoms with Crippen molar-refractivity contribution in [3.05, 3.63) is 23.3 Å². The maximum atomic E-state index is 6.15. The van der Waals surface area contributed by atoms with E-state index in [1.807, 2.05) is 13.4 Å². The molecule has 0 amide bonds. The van der Waals surface area contributed by atoms with Crippen LogP contribution in [-0.2, 0) is 0 Å². The second kappa shape index (κ2) is 6.18. The molecule has 0 aromatic heterocycles. The Morgan fingerprint density at radius 2 is 1.74 bits per heavy atom. The van der Waals surface area contributed by atoms with Crippen molar-refractivity contribution in [3.63, 3.8) is 0 Å². The Labute approximate surface area is 141 Å². The van der Waals surface area contributed by atoms with E-state index in [4.69, 9.17) is 4.74 Å². The van der Waals surface area contributed by atoms with Crippen molar-refractivity contribution in [2.75, 3.05) is 20.2 Å². The molecule has 0 N–H and O–H groups in total. The van der Waals surface area contributed by atoms with Gasteiger partial charge >= 0.3 is 0 Å². The fourth-order valence-corrected chi connectivity index (χ4v) is 3.23. The van der Waals surface area contributed by atoms with Crippen molar-refractivity contribution in [1.82, 2.24) is 4.90 Å². The highest BCUT2D eigenvalue weighted by molar-refractivity contribution is 5.64. The fraction of sp³-hybridized carbons (Fsp3) is 0.650. The van der Waals surface area contributed by atoms with Crippen molar-refractivity contribution in [1.29, 1.82) is 0 Å². The van der Waals surface area contributed by atoms with Crippen LogP contribution in [0.15, 0.2) is 17.1 Å². The molecular formula is C20H32N2O. The normalized spacial score (nSPS) is 19.1. The molecule has 1 aliphatic carbocycles. The van der Waals surface area contributed by atoms with Crippen molar-refractivity contribution in [2.45, 2.75) is 48.5 Å². The Balaban J connectivity index is 2.07. The largest absolute Gasteiger partial charge is 0.493 e. The van der Waals surface area contributed by atoms with Gasteiger partial charge in [-0.05, 0) is 54.9 Å². The summed E-state index contributed by atoms with van der Waals surface area (Å²) in [5.41, 5.74) is 4.05. The van der Waals surface area contributed by atoms with E-state index in [2.05, 4.69) is 70.5 Å². The molecular weight excluding hydrogens is 284 g/mol. The molecule has 0 aliphatic heterocycles. The summed E-state index contributed by atoms with van der Waals surface area (Å²) in [6.07, 6.45) is 1.89. The zero-order valence-electron chi connectivity index (χ0n) is 16.0. The van der Waals surface area contributed by atoms with Crippen LogP contribution >= 0.6 is 0 Å². The van der Waals surface area contributed by atoms with Crippen LogP contribution in [0.25, 0.3) is 0 Å². The third kappa shape index (κ3) is 3.39. The summed E-state index contributed by atoms with van der Waals surface area (Å²) in [4.78, 5) is 6.64. The monoisotopic (exact) mass is 316 g/mol. The van der Waals surface area contributed by atoms with Crippen LogP contribution in [0.2, 0.25) is 0 Å². The highest BCUT2D eigenvalue weighted by Gasteiger charge is 2.64. The van der Waals surface area contributed by atoms with E-state index in [0.717, 1.165) is 35.7 Å². The maximum Gasteiger partial charge on any atom is 0.122 e. The Kier molecular flexibility index (Phi) is 4.79. The van der Waals surface area contributed by atoms with Gasteiger partial charge in [0, 0.05) is 19.5 Å². The van der Waals surface area contributed by atoms with Crippen LogP contribution in [-0.4, -0.2) is 31.4 Å². The van der Waals surface area contributed by atoms with Gasteiger partial charge in [-0.1, -0.05) is 27.7 Å². The molecule has 1 fully saturated rings. The van der Waals surface area contributed by atoms with Gasteiger partial charge in [-0.2, -0.15) is 0 Å². The molecule has 0 atom stereocenters. The summed E-state index contributed by atoms with van der Waals surface area (Å²) < 4.78 is 6.15. The van der Waals surface area contributed by atoms with Crippen LogP contribution in [0.5, 0.6) is 5.75 Å². The molecule has 0 bridgehead atoms. The first kappa shape index (κ1) is 17.8. The molecule has 0 unspecified atom stereocenters. The van der Waals surface area contributed by atoms with Gasteiger partial charge < -0.3 is 9.64 Å². The van der Waals surface area contributed by atoms with E-state index in [0.29, 0.717) is 16.7 Å². The Morgan fingerprint density at radius 1 is 1.13 bits per heavy atom. The van der Waals surface area contributed by atoms with Gasteiger partial charge in [0.1, 0.15) is 5.75 Å². The molecule has 3 nitrogen and oxygen atoms in total. The molecule has 0 radical (unpaired) electrons. The minimum absolute atomic E-state index is 0.366. The summed E-state index contributed by atoms with van der Waals surface area (Å²) in [5.74, 6) is 1.61. The van der Waals surface area contributed by atoms with Gasteiger partial charge in [-0.25, -0.2) is 4.99 Å². The SMILES string of the molecule is CCN(C)C=Nc1cc(C)c(OCC2C(C)(C)C2(C)C)cc1C. The third-order valence-electron chi connectivity index (χ3n) is 6.11. The Bertz CT molecular complexity index is 588. The molecule has 0 heterocycles. The zero-order valence-corrected chi connectivity index (χ0v) is 16.0. The minimum Gasteiger partial charge on any atom is -0.493 e. The highest BCUT2D eigenvalue weighted by atomic mass is 16.5. The number of benzene rings is 1. The number of hydrogen-bond acceptors (Lipinski definition) is 2. The highest BCUT2D eigenvalue weighted by Crippen LogP contribution is 2.68. The van der Waals surface area contributed by atoms with Gasteiger partial charge in [0.05, 0.1) is 18.6 Å². The van der Waals surface area contributed by atoms with Gasteiger partial charge in [0.25, 0.3) is 0 Å². The van der Waals surface area contributed by atoms with Gasteiger partial charge in [-0.3, -0.25) is 0 Å². The second-order valence-electron chi connectivity index (χ2n) is 8.03. The van der Waals surface area contributed by atoms with Crippen molar-refractivity contribution in [3.8, 4) is 5.75 Å². The summed E-state index contributed by atoms with van der Waals surface area (Å²) in [7, 11) is 2.03. The van der Waals surface area contributed by atoms with Crippen LogP contribution in [0.4, 0.5) is 5.69 Å². The Hall–Kier alpha value is -1.51. The lowest BCUT2D eigenvalue weighted by atomic mass is 10.0. The molecule has 1 saturated carbocycles. The number of ether oxygens (including phenoxy) is 1. The molecule has 0 spiro atoms. The van der Waals surface area contributed by atoms with E-state index in [-0.39, 0.29) is 0 Å². The van der Waals surface area contributed by atoms with Gasteiger partial charge in [0.15, 0.2) is 0 Å². The number of aryl methyl sites for hydroxylation is 2. The molecule has 1 aliphatic rings. The van der Waals surface area contributed by atoms with E-state index in [1.165, 1.54) is 0 Å². The summed E-state index contributed by atoms with van der Waals surface area (Å²) in [6, 6.07) is 4.24. The second-order valence-corrected chi connectivity index (χ2v) is 8.03. The van der Waals surface area contributed by atoms with Crippen molar-refractivity contribution >= 4 is 12.0 Å². The van der Waals surface area contributed by atoms with E-state index in [1.54, 1.807) is 0 Å². The van der Waals surface area contributed by atoms with Gasteiger partial charge in [0.2, 0.25) is 0 Å². The van der Waals surface area contributed by atoms with E-state index >= 15 is 0 Å². The maximum absolute atomic E-state index is 6.15. The average Bonchev–Trinajstić information content (AvgIpc) is 2.87.